The molecule has 0 atom stereocenters. The van der Waals surface area contributed by atoms with E-state index in [9.17, 15) is 10.1 Å². The Bertz CT molecular complexity index is 666. The summed E-state index contributed by atoms with van der Waals surface area (Å²) in [6, 6.07) is 13.4. The molecule has 108 valence electrons. The fraction of sp³-hybridized carbons (Fsp3) is 0.133. The van der Waals surface area contributed by atoms with Gasteiger partial charge in [0.05, 0.1) is 10.6 Å². The van der Waals surface area contributed by atoms with Crippen LogP contribution in [0.3, 0.4) is 0 Å². The van der Waals surface area contributed by atoms with Gasteiger partial charge in [-0.15, -0.1) is 0 Å². The van der Waals surface area contributed by atoms with Gasteiger partial charge in [0.25, 0.3) is 5.69 Å². The number of rotatable bonds is 5. The zero-order chi connectivity index (χ0) is 15.2. The molecule has 2 aromatic rings. The summed E-state index contributed by atoms with van der Waals surface area (Å²) in [6.45, 7) is 1.99. The number of benzene rings is 2. The van der Waals surface area contributed by atoms with Crippen molar-refractivity contribution in [1.82, 2.24) is 0 Å². The minimum atomic E-state index is -0.439. The first kappa shape index (κ1) is 14.5. The molecule has 0 saturated heterocycles. The van der Waals surface area contributed by atoms with E-state index in [0.29, 0.717) is 18.1 Å². The zero-order valence-corrected chi connectivity index (χ0v) is 11.4. The standard InChI is InChI=1S/C15H14N2O4/c1-11(16-18)13-3-2-4-15(9-13)21-10-12-5-7-14(8-6-12)17(19)20/h2-9,18H,10H2,1H3/b16-11+. The summed E-state index contributed by atoms with van der Waals surface area (Å²) in [6.07, 6.45) is 0. The Balaban J connectivity index is 2.04. The van der Waals surface area contributed by atoms with Crippen molar-refractivity contribution in [3.05, 3.63) is 69.8 Å². The van der Waals surface area contributed by atoms with E-state index in [2.05, 4.69) is 5.16 Å². The Kier molecular flexibility index (Phi) is 4.50. The highest BCUT2D eigenvalue weighted by Gasteiger charge is 2.05. The molecule has 6 nitrogen and oxygen atoms in total. The van der Waals surface area contributed by atoms with Crippen molar-refractivity contribution < 1.29 is 14.9 Å². The summed E-state index contributed by atoms with van der Waals surface area (Å²) >= 11 is 0. The second-order valence-electron chi connectivity index (χ2n) is 4.43. The summed E-state index contributed by atoms with van der Waals surface area (Å²) in [5.41, 5.74) is 2.14. The normalized spacial score (nSPS) is 11.2. The van der Waals surface area contributed by atoms with Crippen LogP contribution in [0.1, 0.15) is 18.1 Å². The van der Waals surface area contributed by atoms with Gasteiger partial charge in [-0.25, -0.2) is 0 Å². The number of ether oxygens (including phenoxy) is 1. The smallest absolute Gasteiger partial charge is 0.269 e. The predicted octanol–water partition coefficient (Wildman–Crippen LogP) is 3.37. The monoisotopic (exact) mass is 286 g/mol. The third kappa shape index (κ3) is 3.79. The van der Waals surface area contributed by atoms with Gasteiger partial charge in [-0.3, -0.25) is 10.1 Å². The van der Waals surface area contributed by atoms with E-state index in [1.807, 2.05) is 6.07 Å². The summed E-state index contributed by atoms with van der Waals surface area (Å²) < 4.78 is 5.62. The molecule has 0 saturated carbocycles. The van der Waals surface area contributed by atoms with Crippen LogP contribution in [0.4, 0.5) is 5.69 Å². The van der Waals surface area contributed by atoms with Crippen molar-refractivity contribution in [2.75, 3.05) is 0 Å². The maximum absolute atomic E-state index is 10.6. The van der Waals surface area contributed by atoms with E-state index < -0.39 is 4.92 Å². The molecule has 2 aromatic carbocycles. The van der Waals surface area contributed by atoms with Gasteiger partial charge >= 0.3 is 0 Å². The minimum Gasteiger partial charge on any atom is -0.489 e. The number of hydrogen-bond acceptors (Lipinski definition) is 5. The fourth-order valence-corrected chi connectivity index (χ4v) is 1.75. The van der Waals surface area contributed by atoms with E-state index in [-0.39, 0.29) is 5.69 Å². The first-order valence-corrected chi connectivity index (χ1v) is 6.25. The van der Waals surface area contributed by atoms with E-state index in [1.165, 1.54) is 12.1 Å². The topological polar surface area (TPSA) is 85.0 Å². The largest absolute Gasteiger partial charge is 0.489 e. The lowest BCUT2D eigenvalue weighted by molar-refractivity contribution is -0.384. The van der Waals surface area contributed by atoms with E-state index in [0.717, 1.165) is 11.1 Å². The number of nitro benzene ring substituents is 1. The molecular weight excluding hydrogens is 272 g/mol. The first-order valence-electron chi connectivity index (χ1n) is 6.25. The molecule has 0 aliphatic rings. The van der Waals surface area contributed by atoms with E-state index in [1.54, 1.807) is 37.3 Å². The maximum atomic E-state index is 10.6. The Hall–Kier alpha value is -2.89. The second-order valence-corrected chi connectivity index (χ2v) is 4.43. The number of nitrogens with zero attached hydrogens (tertiary/aromatic N) is 2. The number of hydrogen-bond donors (Lipinski definition) is 1. The highest BCUT2D eigenvalue weighted by Crippen LogP contribution is 2.17. The summed E-state index contributed by atoms with van der Waals surface area (Å²) in [5.74, 6) is 0.633. The van der Waals surface area contributed by atoms with Crippen LogP contribution in [0, 0.1) is 10.1 Å². The molecule has 0 radical (unpaired) electrons. The average Bonchev–Trinajstić information content (AvgIpc) is 2.52. The van der Waals surface area contributed by atoms with Gasteiger partial charge in [-0.05, 0) is 36.8 Å². The molecule has 6 heteroatoms. The van der Waals surface area contributed by atoms with Crippen LogP contribution in [0.25, 0.3) is 0 Å². The zero-order valence-electron chi connectivity index (χ0n) is 11.4. The highest BCUT2D eigenvalue weighted by atomic mass is 16.6. The lowest BCUT2D eigenvalue weighted by Gasteiger charge is -2.07. The van der Waals surface area contributed by atoms with Crippen LogP contribution in [0.2, 0.25) is 0 Å². The maximum Gasteiger partial charge on any atom is 0.269 e. The summed E-state index contributed by atoms with van der Waals surface area (Å²) in [4.78, 5) is 10.1. The molecule has 21 heavy (non-hydrogen) atoms. The third-order valence-electron chi connectivity index (χ3n) is 2.95. The molecule has 2 rings (SSSR count). The van der Waals surface area contributed by atoms with Crippen LogP contribution in [-0.2, 0) is 6.61 Å². The SMILES string of the molecule is C/C(=N\O)c1cccc(OCc2ccc([N+](=O)[O-])cc2)c1. The molecule has 0 amide bonds. The Labute approximate surface area is 121 Å². The molecule has 0 heterocycles. The van der Waals surface area contributed by atoms with Crippen LogP contribution in [0.15, 0.2) is 53.7 Å². The van der Waals surface area contributed by atoms with E-state index in [4.69, 9.17) is 9.94 Å². The molecule has 1 N–H and O–H groups in total. The molecule has 0 aliphatic heterocycles. The van der Waals surface area contributed by atoms with Crippen LogP contribution < -0.4 is 4.74 Å². The lowest BCUT2D eigenvalue weighted by Crippen LogP contribution is -1.98. The molecule has 0 fully saturated rings. The molecular formula is C15H14N2O4. The first-order chi connectivity index (χ1) is 10.1. The number of non-ortho nitro benzene ring substituents is 1. The molecule has 0 unspecified atom stereocenters. The van der Waals surface area contributed by atoms with Gasteiger partial charge in [0.15, 0.2) is 0 Å². The van der Waals surface area contributed by atoms with Crippen molar-refractivity contribution in [2.45, 2.75) is 13.5 Å². The van der Waals surface area contributed by atoms with Crippen LogP contribution in [-0.4, -0.2) is 15.8 Å². The molecule has 0 aliphatic carbocycles. The van der Waals surface area contributed by atoms with Gasteiger partial charge in [0.1, 0.15) is 12.4 Å². The van der Waals surface area contributed by atoms with Crippen molar-refractivity contribution >= 4 is 11.4 Å². The van der Waals surface area contributed by atoms with Crippen LogP contribution >= 0.6 is 0 Å². The minimum absolute atomic E-state index is 0.0514. The quantitative estimate of drug-likeness (QED) is 0.395. The van der Waals surface area contributed by atoms with Crippen molar-refractivity contribution in [2.24, 2.45) is 5.16 Å². The van der Waals surface area contributed by atoms with Crippen molar-refractivity contribution in [3.63, 3.8) is 0 Å². The fourth-order valence-electron chi connectivity index (χ4n) is 1.75. The molecule has 0 bridgehead atoms. The van der Waals surface area contributed by atoms with Gasteiger partial charge in [0, 0.05) is 17.7 Å². The third-order valence-corrected chi connectivity index (χ3v) is 2.95. The number of nitro groups is 1. The Morgan fingerprint density at radius 2 is 2.00 bits per heavy atom. The molecule has 0 aromatic heterocycles. The van der Waals surface area contributed by atoms with Gasteiger partial charge in [0.2, 0.25) is 0 Å². The summed E-state index contributed by atoms with van der Waals surface area (Å²) in [7, 11) is 0. The van der Waals surface area contributed by atoms with Gasteiger partial charge < -0.3 is 9.94 Å². The van der Waals surface area contributed by atoms with E-state index >= 15 is 0 Å². The average molecular weight is 286 g/mol. The number of oxime groups is 1. The Morgan fingerprint density at radius 3 is 2.62 bits per heavy atom. The summed E-state index contributed by atoms with van der Waals surface area (Å²) in [5, 5.41) is 22.5. The highest BCUT2D eigenvalue weighted by molar-refractivity contribution is 5.98. The predicted molar refractivity (Wildman–Crippen MR) is 77.9 cm³/mol. The Morgan fingerprint density at radius 1 is 1.29 bits per heavy atom. The van der Waals surface area contributed by atoms with Crippen molar-refractivity contribution in [1.29, 1.82) is 0 Å². The molecule has 0 spiro atoms. The van der Waals surface area contributed by atoms with Crippen LogP contribution in [0.5, 0.6) is 5.75 Å². The lowest BCUT2D eigenvalue weighted by atomic mass is 10.1. The van der Waals surface area contributed by atoms with Crippen molar-refractivity contribution in [3.8, 4) is 5.75 Å². The van der Waals surface area contributed by atoms with Gasteiger partial charge in [-0.1, -0.05) is 17.3 Å². The second kappa shape index (κ2) is 6.51. The van der Waals surface area contributed by atoms with Gasteiger partial charge in [-0.2, -0.15) is 0 Å².